The van der Waals surface area contributed by atoms with Crippen molar-refractivity contribution in [3.8, 4) is 0 Å². The third-order valence-corrected chi connectivity index (χ3v) is 2.33. The fourth-order valence-corrected chi connectivity index (χ4v) is 1.42. The van der Waals surface area contributed by atoms with Crippen molar-refractivity contribution in [1.29, 1.82) is 0 Å². The summed E-state index contributed by atoms with van der Waals surface area (Å²) in [7, 11) is 0. The lowest BCUT2D eigenvalue weighted by Crippen LogP contribution is -2.55. The Labute approximate surface area is 109 Å². The van der Waals surface area contributed by atoms with Crippen LogP contribution in [0.3, 0.4) is 0 Å². The van der Waals surface area contributed by atoms with E-state index in [9.17, 15) is 9.59 Å². The average molecular weight is 259 g/mol. The van der Waals surface area contributed by atoms with Crippen molar-refractivity contribution in [2.45, 2.75) is 39.3 Å². The summed E-state index contributed by atoms with van der Waals surface area (Å²) in [6.45, 7) is 8.24. The van der Waals surface area contributed by atoms with E-state index in [4.69, 9.17) is 11.6 Å². The highest BCUT2D eigenvalue weighted by atomic mass is 16.4. The molecule has 0 aromatic heterocycles. The standard InChI is InChI=1S/C12H22N2O4/c1-5-6-8(7-15)13-10(16)9(12(2,3)4)14-11(17)18/h5,8-9,14-15H,1,6-7H2,2-4H3,(H,13,16)(H,17,18)/t8-,9?/m0/s1/i/hD. The molecule has 0 aliphatic rings. The number of aliphatic hydroxyl groups is 1. The number of hydrogen-bond donors (Lipinski definition) is 4. The van der Waals surface area contributed by atoms with Gasteiger partial charge in [-0.2, -0.15) is 0 Å². The Morgan fingerprint density at radius 1 is 1.50 bits per heavy atom. The molecule has 0 fully saturated rings. The molecule has 2 atom stereocenters. The Kier molecular flexibility index (Phi) is 5.64. The number of amides is 2. The van der Waals surface area contributed by atoms with Gasteiger partial charge in [-0.15, -0.1) is 6.58 Å². The van der Waals surface area contributed by atoms with E-state index in [1.165, 1.54) is 0 Å². The zero-order valence-electron chi connectivity index (χ0n) is 12.0. The van der Waals surface area contributed by atoms with Gasteiger partial charge in [0.1, 0.15) is 6.04 Å². The minimum absolute atomic E-state index is 0.234. The predicted molar refractivity (Wildman–Crippen MR) is 68.2 cm³/mol. The lowest BCUT2D eigenvalue weighted by atomic mass is 9.86. The zero-order valence-corrected chi connectivity index (χ0v) is 11.0. The van der Waals surface area contributed by atoms with E-state index in [1.807, 2.05) is 0 Å². The van der Waals surface area contributed by atoms with Gasteiger partial charge >= 0.3 is 6.09 Å². The van der Waals surface area contributed by atoms with Crippen LogP contribution in [-0.2, 0) is 4.79 Å². The second kappa shape index (κ2) is 7.00. The van der Waals surface area contributed by atoms with Gasteiger partial charge in [-0.05, 0) is 11.8 Å². The maximum atomic E-state index is 12.1. The molecule has 0 bridgehead atoms. The first kappa shape index (κ1) is 14.5. The van der Waals surface area contributed by atoms with Crippen LogP contribution in [-0.4, -0.2) is 40.9 Å². The molecule has 4 N–H and O–H groups in total. The molecule has 0 aliphatic heterocycles. The second-order valence-electron chi connectivity index (χ2n) is 5.09. The first-order valence-electron chi connectivity index (χ1n) is 6.13. The Hall–Kier alpha value is -1.56. The Morgan fingerprint density at radius 3 is 2.39 bits per heavy atom. The largest absolute Gasteiger partial charge is 0.465 e. The van der Waals surface area contributed by atoms with Crippen LogP contribution < -0.4 is 10.6 Å². The van der Waals surface area contributed by atoms with E-state index in [2.05, 4.69) is 11.9 Å². The van der Waals surface area contributed by atoms with Crippen LogP contribution >= 0.6 is 0 Å². The number of aliphatic hydroxyl groups excluding tert-OH is 1. The Morgan fingerprint density at radius 2 is 2.06 bits per heavy atom. The number of rotatable bonds is 6. The molecule has 0 saturated heterocycles. The maximum Gasteiger partial charge on any atom is 0.405 e. The highest BCUT2D eigenvalue weighted by molar-refractivity contribution is 5.86. The lowest BCUT2D eigenvalue weighted by molar-refractivity contribution is -0.126. The predicted octanol–water partition coefficient (Wildman–Crippen LogP) is 0.722. The molecular weight excluding hydrogens is 236 g/mol. The summed E-state index contributed by atoms with van der Waals surface area (Å²) >= 11 is 0. The van der Waals surface area contributed by atoms with Crippen molar-refractivity contribution in [3.63, 3.8) is 0 Å². The Balaban J connectivity index is 5.02. The average Bonchev–Trinajstić information content (AvgIpc) is 2.26. The van der Waals surface area contributed by atoms with E-state index < -0.39 is 29.5 Å². The number of hydrogen-bond acceptors (Lipinski definition) is 3. The summed E-state index contributed by atoms with van der Waals surface area (Å²) in [4.78, 5) is 23.0. The van der Waals surface area contributed by atoms with Gasteiger partial charge in [0.05, 0.1) is 12.6 Å². The monoisotopic (exact) mass is 259 g/mol. The maximum absolute atomic E-state index is 12.1. The molecule has 0 spiro atoms. The van der Waals surface area contributed by atoms with Gasteiger partial charge in [-0.25, -0.2) is 4.79 Å². The lowest BCUT2D eigenvalue weighted by Gasteiger charge is -2.30. The topological polar surface area (TPSA) is 98.7 Å². The van der Waals surface area contributed by atoms with E-state index in [0.29, 0.717) is 6.42 Å². The third kappa shape index (κ3) is 5.67. The van der Waals surface area contributed by atoms with Gasteiger partial charge in [-0.3, -0.25) is 4.79 Å². The SMILES string of the molecule is [2H]N(C(=O)O)C(C(=O)N[C@H](CO)CC=C)C(C)(C)C. The molecule has 0 aliphatic carbocycles. The van der Waals surface area contributed by atoms with Gasteiger partial charge in [0.15, 0.2) is 1.41 Å². The van der Waals surface area contributed by atoms with Crippen molar-refractivity contribution < 1.29 is 21.2 Å². The van der Waals surface area contributed by atoms with Gasteiger partial charge in [0.2, 0.25) is 5.91 Å². The summed E-state index contributed by atoms with van der Waals surface area (Å²) in [5.41, 5.74) is -0.738. The Bertz CT molecular complexity index is 341. The quantitative estimate of drug-likeness (QED) is 0.528. The molecule has 6 heteroatoms. The van der Waals surface area contributed by atoms with Crippen molar-refractivity contribution in [2.75, 3.05) is 6.61 Å². The molecular formula is C12H22N2O4. The summed E-state index contributed by atoms with van der Waals surface area (Å²) in [6.07, 6.45) is 0.409. The van der Waals surface area contributed by atoms with Crippen LogP contribution in [0.5, 0.6) is 0 Å². The normalized spacial score (nSPS) is 15.2. The molecule has 0 radical (unpaired) electrons. The minimum atomic E-state index is -1.50. The number of carbonyl (C=O) groups excluding carboxylic acids is 1. The molecule has 0 aromatic carbocycles. The first-order valence-corrected chi connectivity index (χ1v) is 5.68. The minimum Gasteiger partial charge on any atom is -0.465 e. The fourth-order valence-electron chi connectivity index (χ4n) is 1.42. The van der Waals surface area contributed by atoms with Gasteiger partial charge in [0.25, 0.3) is 0 Å². The smallest absolute Gasteiger partial charge is 0.405 e. The van der Waals surface area contributed by atoms with Crippen molar-refractivity contribution in [3.05, 3.63) is 12.7 Å². The van der Waals surface area contributed by atoms with E-state index in [1.54, 1.807) is 26.8 Å². The van der Waals surface area contributed by atoms with E-state index >= 15 is 0 Å². The molecule has 0 rings (SSSR count). The van der Waals surface area contributed by atoms with Gasteiger partial charge in [0, 0.05) is 0 Å². The summed E-state index contributed by atoms with van der Waals surface area (Å²) < 4.78 is 7.46. The number of carboxylic acid groups (broad SMARTS) is 1. The van der Waals surface area contributed by atoms with Crippen LogP contribution in [0, 0.1) is 5.41 Å². The summed E-state index contributed by atoms with van der Waals surface area (Å²) in [5.74, 6) is -0.606. The fraction of sp³-hybridized carbons (Fsp3) is 0.667. The second-order valence-corrected chi connectivity index (χ2v) is 5.09. The van der Waals surface area contributed by atoms with Crippen molar-refractivity contribution >= 4 is 12.0 Å². The molecule has 1 unspecified atom stereocenters. The molecule has 0 saturated carbocycles. The summed E-state index contributed by atoms with van der Waals surface area (Å²) in [5, 5.41) is 20.7. The molecule has 0 aromatic rings. The highest BCUT2D eigenvalue weighted by Crippen LogP contribution is 2.19. The first-order chi connectivity index (χ1) is 8.65. The van der Waals surface area contributed by atoms with Gasteiger partial charge < -0.3 is 20.8 Å². The van der Waals surface area contributed by atoms with Crippen LogP contribution in [0.1, 0.15) is 27.2 Å². The number of carbonyl (C=O) groups is 2. The molecule has 2 amide bonds. The molecule has 18 heavy (non-hydrogen) atoms. The molecule has 6 nitrogen and oxygen atoms in total. The van der Waals surface area contributed by atoms with Crippen LogP contribution in [0.15, 0.2) is 12.7 Å². The zero-order chi connectivity index (χ0) is 15.2. The molecule has 104 valence electrons. The van der Waals surface area contributed by atoms with Crippen LogP contribution in [0.25, 0.3) is 0 Å². The van der Waals surface area contributed by atoms with Crippen molar-refractivity contribution in [2.24, 2.45) is 5.41 Å². The molecule has 0 heterocycles. The third-order valence-electron chi connectivity index (χ3n) is 2.33. The van der Waals surface area contributed by atoms with E-state index in [-0.39, 0.29) is 11.9 Å². The van der Waals surface area contributed by atoms with Crippen molar-refractivity contribution in [1.82, 2.24) is 10.6 Å². The highest BCUT2D eigenvalue weighted by Gasteiger charge is 2.33. The van der Waals surface area contributed by atoms with E-state index in [0.717, 1.165) is 0 Å². The van der Waals surface area contributed by atoms with Gasteiger partial charge in [-0.1, -0.05) is 26.8 Å². The number of nitrogens with one attached hydrogen (secondary N) is 2. The summed E-state index contributed by atoms with van der Waals surface area (Å²) in [6, 6.07) is -1.69. The van der Waals surface area contributed by atoms with Crippen LogP contribution in [0.2, 0.25) is 1.41 Å². The van der Waals surface area contributed by atoms with Crippen LogP contribution in [0.4, 0.5) is 4.79 Å².